The van der Waals surface area contributed by atoms with Crippen LogP contribution < -0.4 is 0 Å². The lowest BCUT2D eigenvalue weighted by Gasteiger charge is -2.01. The number of fused-ring (bicyclic) bond motifs is 1. The highest BCUT2D eigenvalue weighted by molar-refractivity contribution is 5.80. The van der Waals surface area contributed by atoms with Gasteiger partial charge in [-0.2, -0.15) is 0 Å². The average molecular weight is 207 g/mol. The number of rotatable bonds is 1. The summed E-state index contributed by atoms with van der Waals surface area (Å²) < 4.78 is 2.11. The Balaban J connectivity index is 2.29. The topological polar surface area (TPSA) is 17.8 Å². The molecule has 1 aromatic heterocycles. The molecule has 0 unspecified atom stereocenters. The summed E-state index contributed by atoms with van der Waals surface area (Å²) in [4.78, 5) is 4.61. The van der Waals surface area contributed by atoms with Crippen molar-refractivity contribution in [3.05, 3.63) is 54.6 Å². The van der Waals surface area contributed by atoms with Gasteiger partial charge in [-0.05, 0) is 18.2 Å². The molecule has 0 fully saturated rings. The molecule has 0 aliphatic heterocycles. The molecule has 0 amide bonds. The Bertz CT molecular complexity index is 624. The quantitative estimate of drug-likeness (QED) is 0.599. The zero-order chi connectivity index (χ0) is 11.0. The maximum Gasteiger partial charge on any atom is 0.140 e. The van der Waals surface area contributed by atoms with Crippen molar-refractivity contribution in [3.8, 4) is 11.4 Å². The van der Waals surface area contributed by atoms with E-state index in [4.69, 9.17) is 0 Å². The van der Waals surface area contributed by atoms with Gasteiger partial charge in [-0.15, -0.1) is 0 Å². The zero-order valence-corrected chi connectivity index (χ0v) is 9.01. The molecule has 0 saturated carbocycles. The smallest absolute Gasteiger partial charge is 0.140 e. The summed E-state index contributed by atoms with van der Waals surface area (Å²) >= 11 is 0. The van der Waals surface area contributed by atoms with Crippen LogP contribution in [-0.4, -0.2) is 9.55 Å². The minimum absolute atomic E-state index is 0.990. The Hall–Kier alpha value is -2.09. The average Bonchev–Trinajstić information content (AvgIpc) is 2.69. The van der Waals surface area contributed by atoms with Gasteiger partial charge >= 0.3 is 0 Å². The molecule has 2 nitrogen and oxygen atoms in total. The van der Waals surface area contributed by atoms with Crippen molar-refractivity contribution in [2.24, 2.45) is 7.05 Å². The van der Waals surface area contributed by atoms with Crippen LogP contribution >= 0.6 is 0 Å². The normalized spacial score (nSPS) is 10.8. The van der Waals surface area contributed by atoms with Gasteiger partial charge in [0.1, 0.15) is 5.82 Å². The summed E-state index contributed by atoms with van der Waals surface area (Å²) in [5.41, 5.74) is 3.27. The largest absolute Gasteiger partial charge is 0.327 e. The molecule has 3 rings (SSSR count). The van der Waals surface area contributed by atoms with Crippen LogP contribution in [-0.2, 0) is 7.05 Å². The van der Waals surface area contributed by atoms with Crippen LogP contribution in [0.3, 0.4) is 0 Å². The Morgan fingerprint density at radius 2 is 1.94 bits per heavy atom. The molecule has 0 bridgehead atoms. The summed E-state index contributed by atoms with van der Waals surface area (Å²) in [6, 6.07) is 19.1. The molecule has 16 heavy (non-hydrogen) atoms. The number of imidazole rings is 1. The van der Waals surface area contributed by atoms with Gasteiger partial charge in [-0.25, -0.2) is 4.98 Å². The summed E-state index contributed by atoms with van der Waals surface area (Å²) in [6.45, 7) is 0. The lowest BCUT2D eigenvalue weighted by molar-refractivity contribution is 0.959. The van der Waals surface area contributed by atoms with Gasteiger partial charge in [0, 0.05) is 12.6 Å². The highest BCUT2D eigenvalue weighted by atomic mass is 15.1. The number of hydrogen-bond donors (Lipinski definition) is 0. The van der Waals surface area contributed by atoms with E-state index in [0.717, 1.165) is 22.4 Å². The Morgan fingerprint density at radius 1 is 1.12 bits per heavy atom. The third-order valence-corrected chi connectivity index (χ3v) is 2.76. The van der Waals surface area contributed by atoms with E-state index in [0.29, 0.717) is 0 Å². The molecular formula is C14H11N2. The van der Waals surface area contributed by atoms with Gasteiger partial charge in [0.25, 0.3) is 0 Å². The Labute approximate surface area is 94.2 Å². The Morgan fingerprint density at radius 3 is 2.69 bits per heavy atom. The third-order valence-electron chi connectivity index (χ3n) is 2.76. The highest BCUT2D eigenvalue weighted by Gasteiger charge is 2.07. The van der Waals surface area contributed by atoms with Crippen LogP contribution in [0.4, 0.5) is 0 Å². The molecule has 1 radical (unpaired) electrons. The minimum atomic E-state index is 0.990. The lowest BCUT2D eigenvalue weighted by Crippen LogP contribution is -1.91. The molecule has 0 spiro atoms. The molecule has 77 valence electrons. The van der Waals surface area contributed by atoms with Crippen molar-refractivity contribution in [2.45, 2.75) is 0 Å². The first kappa shape index (κ1) is 9.16. The number of hydrogen-bond acceptors (Lipinski definition) is 1. The first-order valence-electron chi connectivity index (χ1n) is 5.24. The second-order valence-electron chi connectivity index (χ2n) is 3.78. The van der Waals surface area contributed by atoms with E-state index in [1.807, 2.05) is 43.4 Å². The lowest BCUT2D eigenvalue weighted by atomic mass is 10.2. The summed E-state index contributed by atoms with van der Waals surface area (Å²) in [5.74, 6) is 0.996. The van der Waals surface area contributed by atoms with E-state index < -0.39 is 0 Å². The van der Waals surface area contributed by atoms with E-state index in [1.54, 1.807) is 0 Å². The van der Waals surface area contributed by atoms with Crippen LogP contribution in [0.1, 0.15) is 0 Å². The number of aryl methyl sites for hydroxylation is 1. The van der Waals surface area contributed by atoms with E-state index >= 15 is 0 Å². The van der Waals surface area contributed by atoms with Gasteiger partial charge in [0.05, 0.1) is 11.0 Å². The van der Waals surface area contributed by atoms with Crippen LogP contribution in [0, 0.1) is 6.07 Å². The summed E-state index contributed by atoms with van der Waals surface area (Å²) in [6.07, 6.45) is 0. The fourth-order valence-corrected chi connectivity index (χ4v) is 1.94. The fourth-order valence-electron chi connectivity index (χ4n) is 1.94. The third kappa shape index (κ3) is 1.31. The molecule has 0 aliphatic carbocycles. The minimum Gasteiger partial charge on any atom is -0.327 e. The van der Waals surface area contributed by atoms with Crippen molar-refractivity contribution in [2.75, 3.05) is 0 Å². The highest BCUT2D eigenvalue weighted by Crippen LogP contribution is 2.22. The van der Waals surface area contributed by atoms with Crippen molar-refractivity contribution >= 4 is 11.0 Å². The van der Waals surface area contributed by atoms with Gasteiger partial charge in [0.2, 0.25) is 0 Å². The van der Waals surface area contributed by atoms with Crippen molar-refractivity contribution in [1.82, 2.24) is 9.55 Å². The molecule has 2 aromatic carbocycles. The predicted octanol–water partition coefficient (Wildman–Crippen LogP) is 3.04. The SMILES string of the molecule is Cn1c(-c2ccccc2)nc2c[c]ccc21. The molecule has 0 aliphatic rings. The number of benzene rings is 2. The fraction of sp³-hybridized carbons (Fsp3) is 0.0714. The van der Waals surface area contributed by atoms with Gasteiger partial charge in [-0.3, -0.25) is 0 Å². The van der Waals surface area contributed by atoms with Crippen LogP contribution in [0.15, 0.2) is 48.5 Å². The van der Waals surface area contributed by atoms with E-state index in [-0.39, 0.29) is 0 Å². The monoisotopic (exact) mass is 207 g/mol. The second kappa shape index (κ2) is 3.49. The second-order valence-corrected chi connectivity index (χ2v) is 3.78. The number of nitrogens with zero attached hydrogens (tertiary/aromatic N) is 2. The first-order chi connectivity index (χ1) is 7.86. The van der Waals surface area contributed by atoms with Crippen molar-refractivity contribution in [1.29, 1.82) is 0 Å². The molecule has 0 atom stereocenters. The standard InChI is InChI=1S/C14H11N2/c1-16-13-10-6-5-9-12(13)15-14(16)11-7-3-2-4-8-11/h2-4,6-10H,1H3. The molecule has 2 heteroatoms. The maximum atomic E-state index is 4.61. The van der Waals surface area contributed by atoms with E-state index in [2.05, 4.69) is 27.8 Å². The Kier molecular flexibility index (Phi) is 2.00. The summed E-state index contributed by atoms with van der Waals surface area (Å²) in [5, 5.41) is 0. The van der Waals surface area contributed by atoms with E-state index in [1.165, 1.54) is 0 Å². The molecule has 0 N–H and O–H groups in total. The van der Waals surface area contributed by atoms with Crippen molar-refractivity contribution < 1.29 is 0 Å². The molecule has 0 saturated heterocycles. The molecule has 1 heterocycles. The van der Waals surface area contributed by atoms with Gasteiger partial charge < -0.3 is 4.57 Å². The van der Waals surface area contributed by atoms with Crippen LogP contribution in [0.2, 0.25) is 0 Å². The van der Waals surface area contributed by atoms with Crippen LogP contribution in [0.25, 0.3) is 22.4 Å². The van der Waals surface area contributed by atoms with E-state index in [9.17, 15) is 0 Å². The maximum absolute atomic E-state index is 4.61. The van der Waals surface area contributed by atoms with Gasteiger partial charge in [-0.1, -0.05) is 36.4 Å². The van der Waals surface area contributed by atoms with Crippen molar-refractivity contribution in [3.63, 3.8) is 0 Å². The predicted molar refractivity (Wildman–Crippen MR) is 65.0 cm³/mol. The number of aromatic nitrogens is 2. The first-order valence-corrected chi connectivity index (χ1v) is 5.24. The van der Waals surface area contributed by atoms with Gasteiger partial charge in [0.15, 0.2) is 0 Å². The summed E-state index contributed by atoms with van der Waals surface area (Å²) in [7, 11) is 2.04. The molecule has 3 aromatic rings. The molecular weight excluding hydrogens is 196 g/mol. The van der Waals surface area contributed by atoms with Crippen LogP contribution in [0.5, 0.6) is 0 Å². The zero-order valence-electron chi connectivity index (χ0n) is 9.01.